The largest absolute Gasteiger partial charge is 0.478 e. The van der Waals surface area contributed by atoms with Crippen molar-refractivity contribution in [1.82, 2.24) is 0 Å². The van der Waals surface area contributed by atoms with Crippen molar-refractivity contribution in [1.29, 1.82) is 0 Å². The minimum atomic E-state index is -1.01. The molecule has 4 nitrogen and oxygen atoms in total. The van der Waals surface area contributed by atoms with Crippen LogP contribution in [0, 0.1) is 0 Å². The third kappa shape index (κ3) is 1.57. The predicted octanol–water partition coefficient (Wildman–Crippen LogP) is 2.30. The summed E-state index contributed by atoms with van der Waals surface area (Å²) in [5.74, 6) is -2.01. The highest BCUT2D eigenvalue weighted by Crippen LogP contribution is 2.26. The number of carboxylic acids is 2. The molecule has 0 fully saturated rings. The van der Waals surface area contributed by atoms with Gasteiger partial charge in [-0.25, -0.2) is 9.59 Å². The molecule has 5 heteroatoms. The SMILES string of the molecule is O=C(O)c1ccc2c(C(=O)O)csc2c1. The van der Waals surface area contributed by atoms with E-state index in [-0.39, 0.29) is 11.1 Å². The molecule has 0 aliphatic heterocycles. The zero-order valence-corrected chi connectivity index (χ0v) is 8.25. The van der Waals surface area contributed by atoms with Gasteiger partial charge in [0.05, 0.1) is 11.1 Å². The summed E-state index contributed by atoms with van der Waals surface area (Å²) in [5, 5.41) is 19.7. The normalized spacial score (nSPS) is 10.4. The summed E-state index contributed by atoms with van der Waals surface area (Å²) in [6, 6.07) is 4.41. The maximum Gasteiger partial charge on any atom is 0.337 e. The van der Waals surface area contributed by atoms with E-state index in [4.69, 9.17) is 10.2 Å². The molecule has 1 aromatic heterocycles. The van der Waals surface area contributed by atoms with Crippen molar-refractivity contribution in [2.75, 3.05) is 0 Å². The summed E-state index contributed by atoms with van der Waals surface area (Å²) in [7, 11) is 0. The second-order valence-electron chi connectivity index (χ2n) is 2.97. The molecule has 1 aromatic carbocycles. The molecule has 0 aliphatic rings. The van der Waals surface area contributed by atoms with Crippen molar-refractivity contribution in [3.05, 3.63) is 34.7 Å². The molecule has 0 amide bonds. The number of carbonyl (C=O) groups is 2. The number of hydrogen-bond acceptors (Lipinski definition) is 3. The van der Waals surface area contributed by atoms with Gasteiger partial charge in [-0.05, 0) is 12.1 Å². The van der Waals surface area contributed by atoms with E-state index in [1.54, 1.807) is 0 Å². The topological polar surface area (TPSA) is 74.6 Å². The van der Waals surface area contributed by atoms with Crippen LogP contribution in [-0.4, -0.2) is 22.2 Å². The van der Waals surface area contributed by atoms with Crippen molar-refractivity contribution in [2.24, 2.45) is 0 Å². The van der Waals surface area contributed by atoms with Gasteiger partial charge in [-0.15, -0.1) is 11.3 Å². The highest BCUT2D eigenvalue weighted by Gasteiger charge is 2.12. The van der Waals surface area contributed by atoms with Crippen molar-refractivity contribution in [3.8, 4) is 0 Å². The average molecular weight is 222 g/mol. The molecule has 0 aliphatic carbocycles. The Labute approximate surface area is 88.4 Å². The lowest BCUT2D eigenvalue weighted by atomic mass is 10.1. The van der Waals surface area contributed by atoms with Gasteiger partial charge in [-0.2, -0.15) is 0 Å². The van der Waals surface area contributed by atoms with Gasteiger partial charge in [0.15, 0.2) is 0 Å². The van der Waals surface area contributed by atoms with Gasteiger partial charge < -0.3 is 10.2 Å². The molecule has 0 radical (unpaired) electrons. The summed E-state index contributed by atoms with van der Waals surface area (Å²) < 4.78 is 0.673. The summed E-state index contributed by atoms with van der Waals surface area (Å²) in [6.07, 6.45) is 0. The van der Waals surface area contributed by atoms with Gasteiger partial charge in [0.2, 0.25) is 0 Å². The monoisotopic (exact) mass is 222 g/mol. The maximum atomic E-state index is 10.8. The Morgan fingerprint density at radius 1 is 1.13 bits per heavy atom. The van der Waals surface area contributed by atoms with Gasteiger partial charge in [0.25, 0.3) is 0 Å². The lowest BCUT2D eigenvalue weighted by Gasteiger charge is -1.95. The number of aromatic carboxylic acids is 2. The van der Waals surface area contributed by atoms with Crippen LogP contribution in [0.5, 0.6) is 0 Å². The molecule has 0 saturated carbocycles. The van der Waals surface area contributed by atoms with Crippen LogP contribution in [0.25, 0.3) is 10.1 Å². The molecular weight excluding hydrogens is 216 g/mol. The molecule has 1 heterocycles. The number of rotatable bonds is 2. The Morgan fingerprint density at radius 3 is 2.47 bits per heavy atom. The first-order valence-electron chi connectivity index (χ1n) is 4.07. The molecule has 0 spiro atoms. The molecule has 0 atom stereocenters. The van der Waals surface area contributed by atoms with E-state index in [0.29, 0.717) is 10.1 Å². The van der Waals surface area contributed by atoms with Crippen molar-refractivity contribution in [2.45, 2.75) is 0 Å². The minimum absolute atomic E-state index is 0.168. The van der Waals surface area contributed by atoms with E-state index < -0.39 is 11.9 Å². The second kappa shape index (κ2) is 3.36. The van der Waals surface area contributed by atoms with Crippen LogP contribution in [0.15, 0.2) is 23.6 Å². The number of fused-ring (bicyclic) bond motifs is 1. The molecule has 76 valence electrons. The Morgan fingerprint density at radius 2 is 1.87 bits per heavy atom. The van der Waals surface area contributed by atoms with Crippen LogP contribution >= 0.6 is 11.3 Å². The molecule has 2 rings (SSSR count). The number of thiophene rings is 1. The minimum Gasteiger partial charge on any atom is -0.478 e. The van der Waals surface area contributed by atoms with Crippen molar-refractivity contribution >= 4 is 33.4 Å². The van der Waals surface area contributed by atoms with Crippen LogP contribution in [0.2, 0.25) is 0 Å². The third-order valence-corrected chi connectivity index (χ3v) is 3.00. The summed E-state index contributed by atoms with van der Waals surface area (Å²) in [5.41, 5.74) is 0.383. The summed E-state index contributed by atoms with van der Waals surface area (Å²) >= 11 is 1.23. The highest BCUT2D eigenvalue weighted by atomic mass is 32.1. The molecule has 15 heavy (non-hydrogen) atoms. The molecular formula is C10H6O4S. The first-order valence-corrected chi connectivity index (χ1v) is 4.95. The van der Waals surface area contributed by atoms with E-state index in [0.717, 1.165) is 0 Å². The second-order valence-corrected chi connectivity index (χ2v) is 3.88. The number of benzene rings is 1. The van der Waals surface area contributed by atoms with Crippen LogP contribution in [0.1, 0.15) is 20.7 Å². The van der Waals surface area contributed by atoms with Gasteiger partial charge in [0.1, 0.15) is 0 Å². The molecule has 0 unspecified atom stereocenters. The Balaban J connectivity index is 2.66. The van der Waals surface area contributed by atoms with Gasteiger partial charge >= 0.3 is 11.9 Å². The van der Waals surface area contributed by atoms with Crippen molar-refractivity contribution in [3.63, 3.8) is 0 Å². The molecule has 0 saturated heterocycles. The molecule has 0 bridgehead atoms. The van der Waals surface area contributed by atoms with Crippen LogP contribution in [0.4, 0.5) is 0 Å². The summed E-state index contributed by atoms with van der Waals surface area (Å²) in [4.78, 5) is 21.5. The van der Waals surface area contributed by atoms with Crippen LogP contribution in [0.3, 0.4) is 0 Å². The van der Waals surface area contributed by atoms with Gasteiger partial charge in [0, 0.05) is 15.5 Å². The number of hydrogen-bond donors (Lipinski definition) is 2. The lowest BCUT2D eigenvalue weighted by molar-refractivity contribution is 0.0688. The fourth-order valence-electron chi connectivity index (χ4n) is 1.33. The van der Waals surface area contributed by atoms with E-state index in [9.17, 15) is 9.59 Å². The quantitative estimate of drug-likeness (QED) is 0.817. The zero-order chi connectivity index (χ0) is 11.0. The van der Waals surface area contributed by atoms with Crippen LogP contribution in [-0.2, 0) is 0 Å². The maximum absolute atomic E-state index is 10.8. The molecule has 2 aromatic rings. The Kier molecular flexibility index (Phi) is 2.17. The zero-order valence-electron chi connectivity index (χ0n) is 7.43. The first kappa shape index (κ1) is 9.67. The Hall–Kier alpha value is -1.88. The third-order valence-electron chi connectivity index (χ3n) is 2.05. The van der Waals surface area contributed by atoms with E-state index >= 15 is 0 Å². The first-order chi connectivity index (χ1) is 7.09. The van der Waals surface area contributed by atoms with E-state index in [1.807, 2.05) is 0 Å². The fourth-order valence-corrected chi connectivity index (χ4v) is 2.30. The number of carboxylic acid groups (broad SMARTS) is 2. The van der Waals surface area contributed by atoms with Gasteiger partial charge in [-0.3, -0.25) is 0 Å². The smallest absolute Gasteiger partial charge is 0.337 e. The average Bonchev–Trinajstić information content (AvgIpc) is 2.59. The van der Waals surface area contributed by atoms with Crippen molar-refractivity contribution < 1.29 is 19.8 Å². The van der Waals surface area contributed by atoms with E-state index in [1.165, 1.54) is 34.9 Å². The lowest BCUT2D eigenvalue weighted by Crippen LogP contribution is -1.96. The fraction of sp³-hybridized carbons (Fsp3) is 0. The highest BCUT2D eigenvalue weighted by molar-refractivity contribution is 7.17. The van der Waals surface area contributed by atoms with E-state index in [2.05, 4.69) is 0 Å². The standard InChI is InChI=1S/C10H6O4S/c11-9(12)5-1-2-6-7(10(13)14)4-15-8(6)3-5/h1-4H,(H,11,12)(H,13,14). The predicted molar refractivity (Wildman–Crippen MR) is 55.7 cm³/mol. The summed E-state index contributed by atoms with van der Waals surface area (Å²) in [6.45, 7) is 0. The van der Waals surface area contributed by atoms with Crippen LogP contribution < -0.4 is 0 Å². The molecule has 2 N–H and O–H groups in total. The Bertz CT molecular complexity index is 556. The van der Waals surface area contributed by atoms with Gasteiger partial charge in [-0.1, -0.05) is 6.07 Å².